The van der Waals surface area contributed by atoms with Crippen LogP contribution in [0.25, 0.3) is 0 Å². The van der Waals surface area contributed by atoms with Crippen molar-refractivity contribution in [1.82, 2.24) is 4.98 Å². The summed E-state index contributed by atoms with van der Waals surface area (Å²) in [6.45, 7) is 4.97. The van der Waals surface area contributed by atoms with Gasteiger partial charge >= 0.3 is 5.97 Å². The summed E-state index contributed by atoms with van der Waals surface area (Å²) in [7, 11) is 1.58. The van der Waals surface area contributed by atoms with Gasteiger partial charge in [-0.05, 0) is 24.3 Å². The Balaban J connectivity index is 2.38. The second-order valence-corrected chi connectivity index (χ2v) is 5.32. The molecular formula is C14H22N2O3. The van der Waals surface area contributed by atoms with Crippen molar-refractivity contribution in [3.05, 3.63) is 18.3 Å². The van der Waals surface area contributed by atoms with E-state index < -0.39 is 5.97 Å². The van der Waals surface area contributed by atoms with E-state index in [4.69, 9.17) is 9.84 Å². The van der Waals surface area contributed by atoms with Gasteiger partial charge in [0.2, 0.25) is 5.88 Å². The lowest BCUT2D eigenvalue weighted by Crippen LogP contribution is -2.18. The zero-order valence-electron chi connectivity index (χ0n) is 11.8. The SMILES string of the molecule is COc1cc(NCCC(C)(C)CCC(=O)O)ccn1. The molecule has 0 spiro atoms. The standard InChI is InChI=1S/C14H22N2O3/c1-14(2,6-4-13(17)18)7-9-15-11-5-8-16-12(10-11)19-3/h5,8,10H,4,6-7,9H2,1-3H3,(H,15,16)(H,17,18). The number of pyridine rings is 1. The van der Waals surface area contributed by atoms with Gasteiger partial charge in [0.05, 0.1) is 7.11 Å². The summed E-state index contributed by atoms with van der Waals surface area (Å²) in [6.07, 6.45) is 3.50. The molecule has 0 atom stereocenters. The first kappa shape index (κ1) is 15.3. The van der Waals surface area contributed by atoms with Gasteiger partial charge in [0.15, 0.2) is 0 Å². The van der Waals surface area contributed by atoms with Gasteiger partial charge in [-0.1, -0.05) is 13.8 Å². The molecular weight excluding hydrogens is 244 g/mol. The molecule has 0 aliphatic heterocycles. The third kappa shape index (κ3) is 6.08. The predicted octanol–water partition coefficient (Wildman–Crippen LogP) is 2.78. The Morgan fingerprint density at radius 2 is 2.21 bits per heavy atom. The lowest BCUT2D eigenvalue weighted by molar-refractivity contribution is -0.137. The maximum Gasteiger partial charge on any atom is 0.303 e. The average Bonchev–Trinajstić information content (AvgIpc) is 2.37. The Morgan fingerprint density at radius 3 is 2.84 bits per heavy atom. The molecule has 1 aromatic heterocycles. The quantitative estimate of drug-likeness (QED) is 0.757. The molecule has 0 amide bonds. The Bertz CT molecular complexity index is 419. The second kappa shape index (κ2) is 6.97. The molecule has 5 nitrogen and oxygen atoms in total. The van der Waals surface area contributed by atoms with E-state index in [1.165, 1.54) is 0 Å². The first-order chi connectivity index (χ1) is 8.93. The van der Waals surface area contributed by atoms with Crippen molar-refractivity contribution in [2.75, 3.05) is 19.0 Å². The molecule has 0 bridgehead atoms. The molecule has 0 aliphatic carbocycles. The maximum atomic E-state index is 10.6. The van der Waals surface area contributed by atoms with Crippen molar-refractivity contribution in [1.29, 1.82) is 0 Å². The van der Waals surface area contributed by atoms with Gasteiger partial charge in [-0.25, -0.2) is 4.98 Å². The highest BCUT2D eigenvalue weighted by molar-refractivity contribution is 5.66. The van der Waals surface area contributed by atoms with E-state index in [2.05, 4.69) is 24.1 Å². The van der Waals surface area contributed by atoms with E-state index in [0.29, 0.717) is 12.3 Å². The number of aromatic nitrogens is 1. The molecule has 1 aromatic rings. The highest BCUT2D eigenvalue weighted by Crippen LogP contribution is 2.26. The summed E-state index contributed by atoms with van der Waals surface area (Å²) in [6, 6.07) is 3.72. The van der Waals surface area contributed by atoms with Crippen LogP contribution in [-0.4, -0.2) is 29.7 Å². The molecule has 1 heterocycles. The van der Waals surface area contributed by atoms with Crippen LogP contribution in [0, 0.1) is 5.41 Å². The summed E-state index contributed by atoms with van der Waals surface area (Å²) in [4.78, 5) is 14.6. The summed E-state index contributed by atoms with van der Waals surface area (Å²) in [5.74, 6) is -0.157. The van der Waals surface area contributed by atoms with E-state index in [1.807, 2.05) is 12.1 Å². The molecule has 0 aromatic carbocycles. The summed E-state index contributed by atoms with van der Waals surface area (Å²) < 4.78 is 5.05. The number of carboxylic acids is 1. The normalized spacial score (nSPS) is 11.1. The van der Waals surface area contributed by atoms with Crippen LogP contribution in [0.15, 0.2) is 18.3 Å². The van der Waals surface area contributed by atoms with Crippen LogP contribution in [0.4, 0.5) is 5.69 Å². The van der Waals surface area contributed by atoms with Crippen LogP contribution >= 0.6 is 0 Å². The lowest BCUT2D eigenvalue weighted by atomic mass is 9.84. The third-order valence-corrected chi connectivity index (χ3v) is 3.09. The predicted molar refractivity (Wildman–Crippen MR) is 74.5 cm³/mol. The van der Waals surface area contributed by atoms with Gasteiger partial charge in [-0.15, -0.1) is 0 Å². The molecule has 19 heavy (non-hydrogen) atoms. The van der Waals surface area contributed by atoms with Gasteiger partial charge in [0.25, 0.3) is 0 Å². The number of aliphatic carboxylic acids is 1. The van der Waals surface area contributed by atoms with Gasteiger partial charge < -0.3 is 15.2 Å². The fourth-order valence-corrected chi connectivity index (χ4v) is 1.75. The molecule has 1 rings (SSSR count). The monoisotopic (exact) mass is 266 g/mol. The first-order valence-electron chi connectivity index (χ1n) is 6.39. The van der Waals surface area contributed by atoms with Crippen LogP contribution in [0.3, 0.4) is 0 Å². The highest BCUT2D eigenvalue weighted by Gasteiger charge is 2.18. The van der Waals surface area contributed by atoms with Gasteiger partial charge in [0, 0.05) is 30.9 Å². The Hall–Kier alpha value is -1.78. The topological polar surface area (TPSA) is 71.5 Å². The minimum absolute atomic E-state index is 0.0164. The van der Waals surface area contributed by atoms with E-state index in [1.54, 1.807) is 13.3 Å². The van der Waals surface area contributed by atoms with Crippen molar-refractivity contribution in [3.8, 4) is 5.88 Å². The van der Waals surface area contributed by atoms with Gasteiger partial charge in [-0.2, -0.15) is 0 Å². The number of nitrogens with zero attached hydrogens (tertiary/aromatic N) is 1. The Morgan fingerprint density at radius 1 is 1.47 bits per heavy atom. The molecule has 106 valence electrons. The van der Waals surface area contributed by atoms with Crippen molar-refractivity contribution in [2.24, 2.45) is 5.41 Å². The van der Waals surface area contributed by atoms with Crippen LogP contribution < -0.4 is 10.1 Å². The average molecular weight is 266 g/mol. The summed E-state index contributed by atoms with van der Waals surface area (Å²) >= 11 is 0. The fraction of sp³-hybridized carbons (Fsp3) is 0.571. The number of ether oxygens (including phenoxy) is 1. The van der Waals surface area contributed by atoms with Crippen molar-refractivity contribution in [2.45, 2.75) is 33.1 Å². The van der Waals surface area contributed by atoms with Gasteiger partial charge in [0.1, 0.15) is 0 Å². The second-order valence-electron chi connectivity index (χ2n) is 5.32. The number of carboxylic acid groups (broad SMARTS) is 1. The van der Waals surface area contributed by atoms with Crippen molar-refractivity contribution in [3.63, 3.8) is 0 Å². The van der Waals surface area contributed by atoms with Gasteiger partial charge in [-0.3, -0.25) is 4.79 Å². The fourth-order valence-electron chi connectivity index (χ4n) is 1.75. The number of methoxy groups -OCH3 is 1. The van der Waals surface area contributed by atoms with Crippen molar-refractivity contribution < 1.29 is 14.6 Å². The molecule has 0 radical (unpaired) electrons. The molecule has 2 N–H and O–H groups in total. The zero-order chi connectivity index (χ0) is 14.3. The van der Waals surface area contributed by atoms with Crippen LogP contribution in [-0.2, 0) is 4.79 Å². The number of hydrogen-bond donors (Lipinski definition) is 2. The molecule has 5 heteroatoms. The lowest BCUT2D eigenvalue weighted by Gasteiger charge is -2.24. The Kier molecular flexibility index (Phi) is 5.60. The number of hydrogen-bond acceptors (Lipinski definition) is 4. The third-order valence-electron chi connectivity index (χ3n) is 3.09. The molecule has 0 saturated heterocycles. The number of rotatable bonds is 8. The largest absolute Gasteiger partial charge is 0.481 e. The van der Waals surface area contributed by atoms with E-state index in [0.717, 1.165) is 18.7 Å². The van der Waals surface area contributed by atoms with E-state index in [9.17, 15) is 4.79 Å². The first-order valence-corrected chi connectivity index (χ1v) is 6.39. The number of nitrogens with one attached hydrogen (secondary N) is 1. The minimum atomic E-state index is -0.736. The molecule has 0 saturated carbocycles. The van der Waals surface area contributed by atoms with Crippen molar-refractivity contribution >= 4 is 11.7 Å². The Labute approximate surface area is 114 Å². The molecule has 0 fully saturated rings. The zero-order valence-corrected chi connectivity index (χ0v) is 11.8. The smallest absolute Gasteiger partial charge is 0.303 e. The van der Waals surface area contributed by atoms with Crippen LogP contribution in [0.1, 0.15) is 33.1 Å². The highest BCUT2D eigenvalue weighted by atomic mass is 16.5. The maximum absolute atomic E-state index is 10.6. The minimum Gasteiger partial charge on any atom is -0.481 e. The summed E-state index contributed by atoms with van der Waals surface area (Å²) in [5.41, 5.74) is 0.976. The number of anilines is 1. The van der Waals surface area contributed by atoms with E-state index in [-0.39, 0.29) is 11.8 Å². The molecule has 0 aliphatic rings. The molecule has 0 unspecified atom stereocenters. The van der Waals surface area contributed by atoms with E-state index >= 15 is 0 Å². The summed E-state index contributed by atoms with van der Waals surface area (Å²) in [5, 5.41) is 12.0. The van der Waals surface area contributed by atoms with Crippen LogP contribution in [0.2, 0.25) is 0 Å². The van der Waals surface area contributed by atoms with Crippen LogP contribution in [0.5, 0.6) is 5.88 Å². The number of carbonyl (C=O) groups is 1.